The van der Waals surface area contributed by atoms with Crippen LogP contribution in [0.1, 0.15) is 0 Å². The molecule has 2 heterocycles. The van der Waals surface area contributed by atoms with Crippen LogP contribution in [0.4, 0.5) is 0 Å². The van der Waals surface area contributed by atoms with Gasteiger partial charge in [-0.1, -0.05) is 127 Å². The van der Waals surface area contributed by atoms with Crippen LogP contribution in [0, 0.1) is 0 Å². The van der Waals surface area contributed by atoms with Crippen molar-refractivity contribution in [3.63, 3.8) is 0 Å². The molecular formula is C40H24N2S. The maximum Gasteiger partial charge on any atom is 0.143 e. The summed E-state index contributed by atoms with van der Waals surface area (Å²) < 4.78 is 0. The van der Waals surface area contributed by atoms with Crippen molar-refractivity contribution in [2.45, 2.75) is 0 Å². The lowest BCUT2D eigenvalue weighted by Crippen LogP contribution is -1.92. The molecule has 0 N–H and O–H groups in total. The number of pyridine rings is 1. The highest BCUT2D eigenvalue weighted by Crippen LogP contribution is 2.47. The van der Waals surface area contributed by atoms with Gasteiger partial charge in [0.05, 0.1) is 0 Å². The molecule has 0 saturated carbocycles. The van der Waals surface area contributed by atoms with Crippen LogP contribution in [0.25, 0.3) is 86.3 Å². The third kappa shape index (κ3) is 3.79. The third-order valence-corrected chi connectivity index (χ3v) is 9.56. The molecule has 0 amide bonds. The van der Waals surface area contributed by atoms with Gasteiger partial charge in [0.1, 0.15) is 15.4 Å². The molecule has 0 fully saturated rings. The second-order valence-corrected chi connectivity index (χ2v) is 11.9. The number of hydrogen-bond acceptors (Lipinski definition) is 3. The fourth-order valence-electron chi connectivity index (χ4n) is 6.69. The minimum Gasteiger partial charge on any atom is -0.244 e. The average molecular weight is 565 g/mol. The Morgan fingerprint density at radius 1 is 0.442 bits per heavy atom. The lowest BCUT2D eigenvalue weighted by Gasteiger charge is -2.19. The normalized spacial score (nSPS) is 11.7. The number of fused-ring (bicyclic) bond motifs is 6. The summed E-state index contributed by atoms with van der Waals surface area (Å²) in [6.07, 6.45) is 1.83. The topological polar surface area (TPSA) is 25.8 Å². The SMILES string of the molecule is c1cc(-c2nc3cccnc3s2)cc(-c2c3ccccc3c(-c3cc4ccccc4c4ccccc34)c3ccccc23)c1. The van der Waals surface area contributed by atoms with Gasteiger partial charge in [0.25, 0.3) is 0 Å². The van der Waals surface area contributed by atoms with Crippen molar-refractivity contribution in [1.82, 2.24) is 9.97 Å². The van der Waals surface area contributed by atoms with Crippen molar-refractivity contribution in [1.29, 1.82) is 0 Å². The molecule has 200 valence electrons. The molecule has 7 aromatic carbocycles. The summed E-state index contributed by atoms with van der Waals surface area (Å²) in [4.78, 5) is 10.4. The number of nitrogens with zero attached hydrogens (tertiary/aromatic N) is 2. The van der Waals surface area contributed by atoms with E-state index >= 15 is 0 Å². The van der Waals surface area contributed by atoms with Gasteiger partial charge in [-0.15, -0.1) is 0 Å². The molecule has 2 nitrogen and oxygen atoms in total. The first-order chi connectivity index (χ1) is 21.3. The fourth-order valence-corrected chi connectivity index (χ4v) is 7.60. The zero-order valence-corrected chi connectivity index (χ0v) is 24.0. The van der Waals surface area contributed by atoms with E-state index in [0.29, 0.717) is 0 Å². The van der Waals surface area contributed by atoms with Gasteiger partial charge in [-0.3, -0.25) is 0 Å². The van der Waals surface area contributed by atoms with Crippen molar-refractivity contribution in [3.05, 3.63) is 146 Å². The predicted octanol–water partition coefficient (Wildman–Crippen LogP) is 11.3. The molecule has 0 unspecified atom stereocenters. The molecule has 0 saturated heterocycles. The Morgan fingerprint density at radius 3 is 1.77 bits per heavy atom. The standard InChI is InChI=1S/C40H24N2S/c1-2-14-28-25(11-1)24-35(30-16-4-3-15-29(28)30)38-33-19-7-5-17-31(33)37(32-18-6-8-20-34(32)38)26-12-9-13-27(23-26)39-42-36-21-10-22-41-40(36)43-39/h1-24H. The van der Waals surface area contributed by atoms with Crippen LogP contribution in [-0.4, -0.2) is 9.97 Å². The van der Waals surface area contributed by atoms with Gasteiger partial charge in [0.2, 0.25) is 0 Å². The van der Waals surface area contributed by atoms with E-state index in [1.807, 2.05) is 18.3 Å². The largest absolute Gasteiger partial charge is 0.244 e. The molecule has 3 heteroatoms. The highest BCUT2D eigenvalue weighted by atomic mass is 32.1. The monoisotopic (exact) mass is 564 g/mol. The Hall–Kier alpha value is -5.38. The molecule has 0 aliphatic heterocycles. The summed E-state index contributed by atoms with van der Waals surface area (Å²) >= 11 is 1.64. The van der Waals surface area contributed by atoms with Crippen LogP contribution >= 0.6 is 11.3 Å². The summed E-state index contributed by atoms with van der Waals surface area (Å²) in [5.74, 6) is 0. The fraction of sp³-hybridized carbons (Fsp3) is 0. The van der Waals surface area contributed by atoms with Gasteiger partial charge >= 0.3 is 0 Å². The van der Waals surface area contributed by atoms with Crippen LogP contribution in [0.3, 0.4) is 0 Å². The number of rotatable bonds is 3. The number of hydrogen-bond donors (Lipinski definition) is 0. The molecule has 0 aliphatic carbocycles. The van der Waals surface area contributed by atoms with Gasteiger partial charge < -0.3 is 0 Å². The Bertz CT molecular complexity index is 2430. The Balaban J connectivity index is 1.36. The number of benzene rings is 7. The smallest absolute Gasteiger partial charge is 0.143 e. The lowest BCUT2D eigenvalue weighted by atomic mass is 9.83. The molecule has 0 bridgehead atoms. The van der Waals surface area contributed by atoms with Crippen molar-refractivity contribution >= 4 is 64.8 Å². The molecule has 0 aliphatic rings. The molecule has 2 aromatic heterocycles. The van der Waals surface area contributed by atoms with E-state index < -0.39 is 0 Å². The van der Waals surface area contributed by atoms with E-state index in [1.54, 1.807) is 11.3 Å². The maximum atomic E-state index is 4.91. The zero-order chi connectivity index (χ0) is 28.3. The predicted molar refractivity (Wildman–Crippen MR) is 184 cm³/mol. The molecular weight excluding hydrogens is 541 g/mol. The van der Waals surface area contributed by atoms with Crippen molar-refractivity contribution in [3.8, 4) is 32.8 Å². The number of thiazole rings is 1. The molecule has 0 atom stereocenters. The van der Waals surface area contributed by atoms with Crippen LogP contribution in [0.5, 0.6) is 0 Å². The van der Waals surface area contributed by atoms with Crippen LogP contribution in [-0.2, 0) is 0 Å². The minimum absolute atomic E-state index is 0.941. The summed E-state index contributed by atoms with van der Waals surface area (Å²) in [5.41, 5.74) is 7.04. The van der Waals surface area contributed by atoms with Gasteiger partial charge in [0, 0.05) is 11.8 Å². The van der Waals surface area contributed by atoms with E-state index in [2.05, 4.69) is 132 Å². The Kier molecular flexibility index (Phi) is 5.40. The summed E-state index contributed by atoms with van der Waals surface area (Å²) in [6.45, 7) is 0. The zero-order valence-electron chi connectivity index (χ0n) is 23.2. The van der Waals surface area contributed by atoms with Crippen LogP contribution in [0.15, 0.2) is 146 Å². The van der Waals surface area contributed by atoms with Gasteiger partial charge in [-0.25, -0.2) is 9.97 Å². The van der Waals surface area contributed by atoms with E-state index in [4.69, 9.17) is 4.98 Å². The first-order valence-electron chi connectivity index (χ1n) is 14.5. The molecule has 9 rings (SSSR count). The van der Waals surface area contributed by atoms with E-state index in [1.165, 1.54) is 65.3 Å². The number of aromatic nitrogens is 2. The Labute approximate surface area is 252 Å². The van der Waals surface area contributed by atoms with Crippen molar-refractivity contribution < 1.29 is 0 Å². The molecule has 9 aromatic rings. The van der Waals surface area contributed by atoms with Crippen LogP contribution < -0.4 is 0 Å². The molecule has 43 heavy (non-hydrogen) atoms. The highest BCUT2D eigenvalue weighted by molar-refractivity contribution is 7.21. The second kappa shape index (κ2) is 9.59. The van der Waals surface area contributed by atoms with Gasteiger partial charge in [-0.05, 0) is 89.6 Å². The van der Waals surface area contributed by atoms with E-state index in [0.717, 1.165) is 20.9 Å². The summed E-state index contributed by atoms with van der Waals surface area (Å²) in [6, 6.07) is 50.5. The highest BCUT2D eigenvalue weighted by Gasteiger charge is 2.19. The first-order valence-corrected chi connectivity index (χ1v) is 15.3. The molecule has 0 spiro atoms. The van der Waals surface area contributed by atoms with Crippen molar-refractivity contribution in [2.75, 3.05) is 0 Å². The Morgan fingerprint density at radius 2 is 1.05 bits per heavy atom. The van der Waals surface area contributed by atoms with E-state index in [9.17, 15) is 0 Å². The molecule has 0 radical (unpaired) electrons. The van der Waals surface area contributed by atoms with Crippen molar-refractivity contribution in [2.24, 2.45) is 0 Å². The van der Waals surface area contributed by atoms with E-state index in [-0.39, 0.29) is 0 Å². The lowest BCUT2D eigenvalue weighted by molar-refractivity contribution is 1.41. The minimum atomic E-state index is 0.941. The van der Waals surface area contributed by atoms with Gasteiger partial charge in [-0.2, -0.15) is 0 Å². The maximum absolute atomic E-state index is 4.91. The quantitative estimate of drug-likeness (QED) is 0.158. The third-order valence-electron chi connectivity index (χ3n) is 8.53. The average Bonchev–Trinajstić information content (AvgIpc) is 3.52. The summed E-state index contributed by atoms with van der Waals surface area (Å²) in [5, 5.41) is 11.1. The second-order valence-electron chi connectivity index (χ2n) is 11.0. The summed E-state index contributed by atoms with van der Waals surface area (Å²) in [7, 11) is 0. The van der Waals surface area contributed by atoms with Crippen LogP contribution in [0.2, 0.25) is 0 Å². The first kappa shape index (κ1) is 24.2. The van der Waals surface area contributed by atoms with Gasteiger partial charge in [0.15, 0.2) is 0 Å².